The lowest BCUT2D eigenvalue weighted by atomic mass is 10.2. The summed E-state index contributed by atoms with van der Waals surface area (Å²) in [6.45, 7) is 4.03. The fraction of sp³-hybridized carbons (Fsp3) is 0.318. The smallest absolute Gasteiger partial charge is 0.270 e. The molecular formula is C22H24N6O3S. The molecule has 0 saturated carbocycles. The molecule has 32 heavy (non-hydrogen) atoms. The Morgan fingerprint density at radius 1 is 1.06 bits per heavy atom. The molecule has 0 unspecified atom stereocenters. The number of hydrogen-bond acceptors (Lipinski definition) is 7. The molecule has 1 amide bonds. The molecule has 0 aliphatic carbocycles. The number of nitro groups is 1. The normalized spacial score (nSPS) is 14.5. The number of carbonyl (C=O) groups excluding carboxylic acids is 1. The van der Waals surface area contributed by atoms with Gasteiger partial charge in [0.2, 0.25) is 5.91 Å². The highest BCUT2D eigenvalue weighted by Gasteiger charge is 2.22. The Morgan fingerprint density at radius 3 is 2.53 bits per heavy atom. The molecule has 1 fully saturated rings. The Kier molecular flexibility index (Phi) is 6.81. The first-order valence-corrected chi connectivity index (χ1v) is 11.3. The summed E-state index contributed by atoms with van der Waals surface area (Å²) in [4.78, 5) is 27.5. The van der Waals surface area contributed by atoms with Gasteiger partial charge in [-0.15, -0.1) is 10.2 Å². The van der Waals surface area contributed by atoms with Crippen molar-refractivity contribution >= 4 is 23.4 Å². The molecule has 10 heteroatoms. The number of thioether (sulfide) groups is 1. The third kappa shape index (κ3) is 5.14. The highest BCUT2D eigenvalue weighted by molar-refractivity contribution is 7.99. The van der Waals surface area contributed by atoms with Crippen LogP contribution < -0.4 is 0 Å². The maximum atomic E-state index is 12.7. The molecule has 1 aliphatic heterocycles. The average Bonchev–Trinajstić information content (AvgIpc) is 3.19. The molecule has 0 spiro atoms. The van der Waals surface area contributed by atoms with Crippen LogP contribution in [0, 0.1) is 10.1 Å². The third-order valence-corrected chi connectivity index (χ3v) is 6.45. The van der Waals surface area contributed by atoms with Gasteiger partial charge in [-0.25, -0.2) is 0 Å². The fourth-order valence-corrected chi connectivity index (χ4v) is 4.48. The number of nitro benzene ring substituents is 1. The van der Waals surface area contributed by atoms with Gasteiger partial charge in [-0.1, -0.05) is 54.2 Å². The molecule has 9 nitrogen and oxygen atoms in total. The van der Waals surface area contributed by atoms with Crippen LogP contribution in [0.5, 0.6) is 0 Å². The van der Waals surface area contributed by atoms with Gasteiger partial charge in [0, 0.05) is 57.5 Å². The number of carbonyl (C=O) groups is 1. The zero-order valence-corrected chi connectivity index (χ0v) is 18.6. The Morgan fingerprint density at radius 2 is 1.81 bits per heavy atom. The number of amides is 1. The Bertz CT molecular complexity index is 1100. The summed E-state index contributed by atoms with van der Waals surface area (Å²) in [6.07, 6.45) is 0. The van der Waals surface area contributed by atoms with Crippen LogP contribution in [0.2, 0.25) is 0 Å². The van der Waals surface area contributed by atoms with E-state index < -0.39 is 4.92 Å². The molecular weight excluding hydrogens is 428 g/mol. The lowest BCUT2D eigenvalue weighted by Gasteiger charge is -2.34. The van der Waals surface area contributed by atoms with Crippen LogP contribution in [-0.4, -0.2) is 67.3 Å². The number of benzene rings is 2. The first kappa shape index (κ1) is 22.0. The highest BCUT2D eigenvalue weighted by Crippen LogP contribution is 2.25. The van der Waals surface area contributed by atoms with E-state index in [4.69, 9.17) is 0 Å². The number of rotatable bonds is 7. The van der Waals surface area contributed by atoms with E-state index in [-0.39, 0.29) is 17.3 Å². The van der Waals surface area contributed by atoms with Crippen LogP contribution >= 0.6 is 11.8 Å². The second-order valence-corrected chi connectivity index (χ2v) is 8.55. The summed E-state index contributed by atoms with van der Waals surface area (Å²) in [5.74, 6) is 0.881. The first-order valence-electron chi connectivity index (χ1n) is 10.3. The molecule has 3 aromatic rings. The van der Waals surface area contributed by atoms with Crippen molar-refractivity contribution in [1.29, 1.82) is 0 Å². The summed E-state index contributed by atoms with van der Waals surface area (Å²) >= 11 is 1.33. The van der Waals surface area contributed by atoms with E-state index >= 15 is 0 Å². The summed E-state index contributed by atoms with van der Waals surface area (Å²) in [5.41, 5.74) is 1.90. The van der Waals surface area contributed by atoms with Crippen molar-refractivity contribution in [2.24, 2.45) is 7.05 Å². The van der Waals surface area contributed by atoms with Gasteiger partial charge >= 0.3 is 0 Å². The van der Waals surface area contributed by atoms with E-state index in [9.17, 15) is 14.9 Å². The van der Waals surface area contributed by atoms with E-state index in [1.54, 1.807) is 23.7 Å². The standard InChI is InChI=1S/C22H24N6O3S/c1-25-21(18-8-5-9-19(14-18)28(30)31)23-24-22(25)32-16-20(29)27-12-10-26(11-13-27)15-17-6-3-2-4-7-17/h2-9,14H,10-13,15-16H2,1H3. The van der Waals surface area contributed by atoms with Crippen molar-refractivity contribution in [3.63, 3.8) is 0 Å². The molecule has 1 aromatic heterocycles. The van der Waals surface area contributed by atoms with E-state index in [1.165, 1.54) is 29.5 Å². The van der Waals surface area contributed by atoms with E-state index in [2.05, 4.69) is 27.2 Å². The molecule has 2 heterocycles. The van der Waals surface area contributed by atoms with Crippen LogP contribution in [0.3, 0.4) is 0 Å². The van der Waals surface area contributed by atoms with Crippen LogP contribution in [-0.2, 0) is 18.4 Å². The number of nitrogens with zero attached hydrogens (tertiary/aromatic N) is 6. The zero-order chi connectivity index (χ0) is 22.5. The summed E-state index contributed by atoms with van der Waals surface area (Å²) < 4.78 is 1.76. The number of aromatic nitrogens is 3. The van der Waals surface area contributed by atoms with Crippen LogP contribution in [0.15, 0.2) is 59.8 Å². The van der Waals surface area contributed by atoms with Crippen molar-refractivity contribution in [3.05, 3.63) is 70.3 Å². The van der Waals surface area contributed by atoms with Gasteiger partial charge in [-0.05, 0) is 5.56 Å². The number of piperazine rings is 1. The predicted octanol–water partition coefficient (Wildman–Crippen LogP) is 2.83. The van der Waals surface area contributed by atoms with Gasteiger partial charge in [0.25, 0.3) is 5.69 Å². The molecule has 2 aromatic carbocycles. The SMILES string of the molecule is Cn1c(SCC(=O)N2CCN(Cc3ccccc3)CC2)nnc1-c1cccc([N+](=O)[O-])c1. The van der Waals surface area contributed by atoms with Crippen molar-refractivity contribution in [2.75, 3.05) is 31.9 Å². The van der Waals surface area contributed by atoms with Crippen LogP contribution in [0.1, 0.15) is 5.56 Å². The Balaban J connectivity index is 1.30. The van der Waals surface area contributed by atoms with Crippen LogP contribution in [0.25, 0.3) is 11.4 Å². The third-order valence-electron chi connectivity index (χ3n) is 5.45. The van der Waals surface area contributed by atoms with E-state index in [0.717, 1.165) is 19.6 Å². The second kappa shape index (κ2) is 9.92. The van der Waals surface area contributed by atoms with Gasteiger partial charge in [-0.3, -0.25) is 19.8 Å². The second-order valence-electron chi connectivity index (χ2n) is 7.60. The number of non-ortho nitro benzene ring substituents is 1. The molecule has 166 valence electrons. The first-order chi connectivity index (χ1) is 15.5. The van der Waals surface area contributed by atoms with Crippen molar-refractivity contribution in [3.8, 4) is 11.4 Å². The average molecular weight is 453 g/mol. The van der Waals surface area contributed by atoms with E-state index in [1.807, 2.05) is 23.1 Å². The summed E-state index contributed by atoms with van der Waals surface area (Å²) in [7, 11) is 1.79. The predicted molar refractivity (Wildman–Crippen MR) is 122 cm³/mol. The summed E-state index contributed by atoms with van der Waals surface area (Å²) in [6, 6.07) is 16.6. The van der Waals surface area contributed by atoms with Gasteiger partial charge in [-0.2, -0.15) is 0 Å². The molecule has 1 aliphatic rings. The largest absolute Gasteiger partial charge is 0.339 e. The molecule has 1 saturated heterocycles. The minimum atomic E-state index is -0.437. The number of hydrogen-bond donors (Lipinski definition) is 0. The molecule has 0 atom stereocenters. The quantitative estimate of drug-likeness (QED) is 0.309. The lowest BCUT2D eigenvalue weighted by molar-refractivity contribution is -0.384. The topological polar surface area (TPSA) is 97.4 Å². The molecule has 0 radical (unpaired) electrons. The van der Waals surface area contributed by atoms with Crippen molar-refractivity contribution in [2.45, 2.75) is 11.7 Å². The van der Waals surface area contributed by atoms with Gasteiger partial charge in [0.05, 0.1) is 10.7 Å². The Hall–Kier alpha value is -3.24. The maximum absolute atomic E-state index is 12.7. The molecule has 0 N–H and O–H groups in total. The van der Waals surface area contributed by atoms with Gasteiger partial charge in [0.15, 0.2) is 11.0 Å². The minimum absolute atomic E-state index is 0.00119. The minimum Gasteiger partial charge on any atom is -0.339 e. The van der Waals surface area contributed by atoms with Crippen molar-refractivity contribution in [1.82, 2.24) is 24.6 Å². The lowest BCUT2D eigenvalue weighted by Crippen LogP contribution is -2.48. The van der Waals surface area contributed by atoms with E-state index in [0.29, 0.717) is 29.6 Å². The maximum Gasteiger partial charge on any atom is 0.270 e. The fourth-order valence-electron chi connectivity index (χ4n) is 3.67. The zero-order valence-electron chi connectivity index (χ0n) is 17.8. The molecule has 4 rings (SSSR count). The van der Waals surface area contributed by atoms with Gasteiger partial charge < -0.3 is 9.47 Å². The molecule has 0 bridgehead atoms. The summed E-state index contributed by atoms with van der Waals surface area (Å²) in [5, 5.41) is 20.0. The van der Waals surface area contributed by atoms with Crippen LogP contribution in [0.4, 0.5) is 5.69 Å². The van der Waals surface area contributed by atoms with Crippen molar-refractivity contribution < 1.29 is 9.72 Å². The Labute approximate surface area is 190 Å². The highest BCUT2D eigenvalue weighted by atomic mass is 32.2. The van der Waals surface area contributed by atoms with Gasteiger partial charge in [0.1, 0.15) is 0 Å². The monoisotopic (exact) mass is 452 g/mol.